The first-order valence-electron chi connectivity index (χ1n) is 7.75. The molecule has 3 rings (SSSR count). The lowest BCUT2D eigenvalue weighted by atomic mass is 10.0. The third kappa shape index (κ3) is 3.34. The van der Waals surface area contributed by atoms with Crippen LogP contribution in [0.1, 0.15) is 19.5 Å². The van der Waals surface area contributed by atoms with Crippen LogP contribution in [-0.2, 0) is 14.8 Å². The first kappa shape index (κ1) is 18.1. The molecule has 1 amide bonds. The second-order valence-corrected chi connectivity index (χ2v) is 8.32. The number of nitrogens with zero attached hydrogens (tertiary/aromatic N) is 2. The average molecular weight is 379 g/mol. The van der Waals surface area contributed by atoms with Gasteiger partial charge in [-0.2, -0.15) is 0 Å². The molecule has 0 bridgehead atoms. The summed E-state index contributed by atoms with van der Waals surface area (Å²) in [4.78, 5) is 18.2. The largest absolute Gasteiger partial charge is 0.476 e. The van der Waals surface area contributed by atoms with Gasteiger partial charge < -0.3 is 4.74 Å². The van der Waals surface area contributed by atoms with E-state index >= 15 is 0 Å². The molecule has 1 aliphatic rings. The third-order valence-corrected chi connectivity index (χ3v) is 4.46. The maximum atomic E-state index is 14.0. The number of anilines is 3. The van der Waals surface area contributed by atoms with Gasteiger partial charge in [0.2, 0.25) is 10.0 Å². The molecule has 0 saturated carbocycles. The number of amides is 1. The number of halogens is 1. The van der Waals surface area contributed by atoms with Crippen molar-refractivity contribution in [1.29, 1.82) is 0 Å². The Balaban J connectivity index is 2.14. The summed E-state index contributed by atoms with van der Waals surface area (Å²) in [6.07, 6.45) is 2.44. The molecule has 0 fully saturated rings. The van der Waals surface area contributed by atoms with Crippen molar-refractivity contribution in [3.05, 3.63) is 42.0 Å². The van der Waals surface area contributed by atoms with E-state index in [1.54, 1.807) is 13.8 Å². The highest BCUT2D eigenvalue weighted by atomic mass is 32.2. The van der Waals surface area contributed by atoms with Crippen LogP contribution in [0.3, 0.4) is 0 Å². The Morgan fingerprint density at radius 2 is 1.96 bits per heavy atom. The molecule has 2 heterocycles. The number of nitrogens with one attached hydrogen (secondary N) is 1. The van der Waals surface area contributed by atoms with E-state index in [9.17, 15) is 17.6 Å². The van der Waals surface area contributed by atoms with Crippen LogP contribution in [0, 0.1) is 12.7 Å². The van der Waals surface area contributed by atoms with E-state index in [4.69, 9.17) is 4.74 Å². The summed E-state index contributed by atoms with van der Waals surface area (Å²) in [6.45, 7) is 4.70. The number of carbonyl (C=O) groups excluding carboxylic acids is 1. The smallest absolute Gasteiger partial charge is 0.275 e. The zero-order chi connectivity index (χ0) is 19.3. The zero-order valence-corrected chi connectivity index (χ0v) is 15.5. The summed E-state index contributed by atoms with van der Waals surface area (Å²) in [5.41, 5.74) is -0.0675. The van der Waals surface area contributed by atoms with Crippen molar-refractivity contribution < 1.29 is 22.3 Å². The number of hydrogen-bond acceptors (Lipinski definition) is 5. The van der Waals surface area contributed by atoms with Gasteiger partial charge in [-0.25, -0.2) is 12.8 Å². The number of ether oxygens (including phenoxy) is 1. The lowest BCUT2D eigenvalue weighted by Gasteiger charge is -2.38. The summed E-state index contributed by atoms with van der Waals surface area (Å²) >= 11 is 0. The number of benzene rings is 1. The molecule has 0 saturated heterocycles. The molecule has 1 N–H and O–H groups in total. The molecule has 1 aromatic heterocycles. The molecule has 0 atom stereocenters. The fraction of sp³-hybridized carbons (Fsp3) is 0.294. The quantitative estimate of drug-likeness (QED) is 0.886. The maximum absolute atomic E-state index is 14.0. The summed E-state index contributed by atoms with van der Waals surface area (Å²) in [7, 11) is -3.46. The summed E-state index contributed by atoms with van der Waals surface area (Å²) in [5, 5.41) is 0. The van der Waals surface area contributed by atoms with E-state index < -0.39 is 21.4 Å². The topological polar surface area (TPSA) is 88.6 Å². The molecule has 9 heteroatoms. The molecule has 2 aromatic rings. The Kier molecular flexibility index (Phi) is 4.14. The Morgan fingerprint density at radius 3 is 2.58 bits per heavy atom. The molecule has 7 nitrogen and oxygen atoms in total. The standard InChI is InChI=1S/C17H18FN3O4S/c1-10-13(18)8-12(9-19-10)21-14-6-5-11(20-26(4,23)24)7-15(14)25-17(2,3)16(21)22/h5-9,20H,1-4H3. The fourth-order valence-electron chi connectivity index (χ4n) is 2.63. The van der Waals surface area contributed by atoms with Crippen LogP contribution in [0.4, 0.5) is 21.5 Å². The van der Waals surface area contributed by atoms with Crippen LogP contribution in [-0.4, -0.2) is 31.2 Å². The first-order valence-corrected chi connectivity index (χ1v) is 9.65. The predicted octanol–water partition coefficient (Wildman–Crippen LogP) is 2.74. The van der Waals surface area contributed by atoms with Crippen LogP contribution in [0.25, 0.3) is 0 Å². The fourth-order valence-corrected chi connectivity index (χ4v) is 3.19. The minimum Gasteiger partial charge on any atom is -0.476 e. The van der Waals surface area contributed by atoms with Gasteiger partial charge in [0, 0.05) is 12.1 Å². The predicted molar refractivity (Wildman–Crippen MR) is 95.7 cm³/mol. The van der Waals surface area contributed by atoms with Gasteiger partial charge in [-0.15, -0.1) is 0 Å². The SMILES string of the molecule is Cc1ncc(N2C(=O)C(C)(C)Oc3cc(NS(C)(=O)=O)ccc32)cc1F. The molecule has 0 aliphatic carbocycles. The van der Waals surface area contributed by atoms with E-state index in [-0.39, 0.29) is 17.3 Å². The van der Waals surface area contributed by atoms with Gasteiger partial charge in [0.15, 0.2) is 5.60 Å². The number of sulfonamides is 1. The summed E-state index contributed by atoms with van der Waals surface area (Å²) < 4.78 is 45.0. The molecule has 0 radical (unpaired) electrons. The maximum Gasteiger partial charge on any atom is 0.275 e. The minimum absolute atomic E-state index is 0.224. The highest BCUT2D eigenvalue weighted by molar-refractivity contribution is 7.92. The van der Waals surface area contributed by atoms with E-state index in [2.05, 4.69) is 9.71 Å². The van der Waals surface area contributed by atoms with Gasteiger partial charge in [0.25, 0.3) is 5.91 Å². The van der Waals surface area contributed by atoms with Crippen molar-refractivity contribution in [3.63, 3.8) is 0 Å². The van der Waals surface area contributed by atoms with E-state index in [0.29, 0.717) is 17.1 Å². The molecule has 138 valence electrons. The normalized spacial score (nSPS) is 16.0. The van der Waals surface area contributed by atoms with Gasteiger partial charge in [0.1, 0.15) is 11.6 Å². The Bertz CT molecular complexity index is 1010. The molecule has 1 aromatic carbocycles. The van der Waals surface area contributed by atoms with Crippen LogP contribution in [0.15, 0.2) is 30.5 Å². The molecular formula is C17H18FN3O4S. The van der Waals surface area contributed by atoms with Gasteiger partial charge >= 0.3 is 0 Å². The summed E-state index contributed by atoms with van der Waals surface area (Å²) in [5.74, 6) is -0.625. The van der Waals surface area contributed by atoms with Crippen LogP contribution < -0.4 is 14.4 Å². The number of carbonyl (C=O) groups is 1. The Labute approximate surface area is 150 Å². The highest BCUT2D eigenvalue weighted by Crippen LogP contribution is 2.43. The number of fused-ring (bicyclic) bond motifs is 1. The van der Waals surface area contributed by atoms with Gasteiger partial charge in [-0.1, -0.05) is 0 Å². The summed E-state index contributed by atoms with van der Waals surface area (Å²) in [6, 6.07) is 5.75. The Morgan fingerprint density at radius 1 is 1.27 bits per heavy atom. The lowest BCUT2D eigenvalue weighted by Crippen LogP contribution is -2.50. The lowest BCUT2D eigenvalue weighted by molar-refractivity contribution is -0.131. The first-order chi connectivity index (χ1) is 12.0. The number of aromatic nitrogens is 1. The Hall–Kier alpha value is -2.68. The van der Waals surface area contributed by atoms with E-state index in [1.165, 1.54) is 42.3 Å². The van der Waals surface area contributed by atoms with Gasteiger partial charge in [0.05, 0.1) is 35.2 Å². The molecule has 0 unspecified atom stereocenters. The number of aryl methyl sites for hydroxylation is 1. The van der Waals surface area contributed by atoms with E-state index in [0.717, 1.165) is 6.26 Å². The number of hydrogen-bond donors (Lipinski definition) is 1. The zero-order valence-electron chi connectivity index (χ0n) is 14.7. The number of rotatable bonds is 3. The van der Waals surface area contributed by atoms with Crippen molar-refractivity contribution in [2.45, 2.75) is 26.4 Å². The molecule has 26 heavy (non-hydrogen) atoms. The highest BCUT2D eigenvalue weighted by Gasteiger charge is 2.42. The van der Waals surface area contributed by atoms with Crippen molar-refractivity contribution in [2.24, 2.45) is 0 Å². The van der Waals surface area contributed by atoms with Crippen molar-refractivity contribution >= 4 is 33.0 Å². The third-order valence-electron chi connectivity index (χ3n) is 3.86. The van der Waals surface area contributed by atoms with Crippen molar-refractivity contribution in [2.75, 3.05) is 15.9 Å². The molecule has 0 spiro atoms. The van der Waals surface area contributed by atoms with Crippen molar-refractivity contribution in [1.82, 2.24) is 4.98 Å². The van der Waals surface area contributed by atoms with E-state index in [1.807, 2.05) is 0 Å². The monoisotopic (exact) mass is 379 g/mol. The second kappa shape index (κ2) is 5.94. The van der Waals surface area contributed by atoms with Crippen LogP contribution >= 0.6 is 0 Å². The van der Waals surface area contributed by atoms with Crippen molar-refractivity contribution in [3.8, 4) is 5.75 Å². The number of pyridine rings is 1. The van der Waals surface area contributed by atoms with Crippen LogP contribution in [0.2, 0.25) is 0 Å². The molecule has 1 aliphatic heterocycles. The second-order valence-electron chi connectivity index (χ2n) is 6.57. The van der Waals surface area contributed by atoms with Gasteiger partial charge in [-0.05, 0) is 32.9 Å². The van der Waals surface area contributed by atoms with Crippen LogP contribution in [0.5, 0.6) is 5.75 Å². The molecular weight excluding hydrogens is 361 g/mol. The minimum atomic E-state index is -3.46. The van der Waals surface area contributed by atoms with Gasteiger partial charge in [-0.3, -0.25) is 19.4 Å². The average Bonchev–Trinajstić information content (AvgIpc) is 2.50.